The van der Waals surface area contributed by atoms with Crippen molar-refractivity contribution in [3.8, 4) is 17.6 Å². The van der Waals surface area contributed by atoms with Crippen LogP contribution in [-0.2, 0) is 5.60 Å². The van der Waals surface area contributed by atoms with Crippen LogP contribution < -0.4 is 15.2 Å². The van der Waals surface area contributed by atoms with Crippen LogP contribution in [0.2, 0.25) is 0 Å². The van der Waals surface area contributed by atoms with E-state index in [4.69, 9.17) is 15.2 Å². The largest absolute Gasteiger partial charge is 0.454 e. The SMILES string of the molecule is N#CC1=C(N)[C@@](O)(c2ccccc2)C[C@H]1c1ccc2c(c1)OCO2. The Hall–Kier alpha value is -2.97. The van der Waals surface area contributed by atoms with Crippen LogP contribution in [0.1, 0.15) is 23.5 Å². The summed E-state index contributed by atoms with van der Waals surface area (Å²) in [4.78, 5) is 0. The number of hydrogen-bond donors (Lipinski definition) is 2. The van der Waals surface area contributed by atoms with Crippen molar-refractivity contribution in [3.05, 3.63) is 70.9 Å². The van der Waals surface area contributed by atoms with Crippen molar-refractivity contribution < 1.29 is 14.6 Å². The molecule has 5 nitrogen and oxygen atoms in total. The number of benzene rings is 2. The number of nitriles is 1. The second-order valence-electron chi connectivity index (χ2n) is 6.03. The van der Waals surface area contributed by atoms with Crippen molar-refractivity contribution in [1.29, 1.82) is 5.26 Å². The molecule has 0 saturated carbocycles. The molecule has 0 saturated heterocycles. The summed E-state index contributed by atoms with van der Waals surface area (Å²) >= 11 is 0. The Labute approximate surface area is 139 Å². The van der Waals surface area contributed by atoms with E-state index in [2.05, 4.69) is 6.07 Å². The fourth-order valence-electron chi connectivity index (χ4n) is 3.46. The second-order valence-corrected chi connectivity index (χ2v) is 6.03. The van der Waals surface area contributed by atoms with Gasteiger partial charge in [-0.2, -0.15) is 5.26 Å². The highest BCUT2D eigenvalue weighted by Gasteiger charge is 2.45. The predicted molar refractivity (Wildman–Crippen MR) is 87.1 cm³/mol. The molecule has 24 heavy (non-hydrogen) atoms. The minimum Gasteiger partial charge on any atom is -0.454 e. The van der Waals surface area contributed by atoms with Gasteiger partial charge in [0.15, 0.2) is 11.5 Å². The Bertz CT molecular complexity index is 870. The lowest BCUT2D eigenvalue weighted by atomic mass is 9.86. The zero-order valence-electron chi connectivity index (χ0n) is 12.9. The Morgan fingerprint density at radius 2 is 1.88 bits per heavy atom. The monoisotopic (exact) mass is 320 g/mol. The van der Waals surface area contributed by atoms with E-state index in [0.717, 1.165) is 5.56 Å². The lowest BCUT2D eigenvalue weighted by molar-refractivity contribution is 0.0724. The number of rotatable bonds is 2. The number of allylic oxidation sites excluding steroid dienone is 1. The first-order valence-corrected chi connectivity index (χ1v) is 7.71. The van der Waals surface area contributed by atoms with Crippen LogP contribution in [0.3, 0.4) is 0 Å². The molecular formula is C19H16N2O3. The number of aliphatic hydroxyl groups is 1. The fourth-order valence-corrected chi connectivity index (χ4v) is 3.46. The summed E-state index contributed by atoms with van der Waals surface area (Å²) < 4.78 is 10.7. The van der Waals surface area contributed by atoms with Crippen LogP contribution in [-0.4, -0.2) is 11.9 Å². The highest BCUT2D eigenvalue weighted by Crippen LogP contribution is 2.49. The second kappa shape index (κ2) is 5.29. The zero-order valence-corrected chi connectivity index (χ0v) is 12.9. The Morgan fingerprint density at radius 3 is 2.62 bits per heavy atom. The van der Waals surface area contributed by atoms with Gasteiger partial charge in [0.25, 0.3) is 0 Å². The Morgan fingerprint density at radius 1 is 1.12 bits per heavy atom. The quantitative estimate of drug-likeness (QED) is 0.887. The van der Waals surface area contributed by atoms with E-state index < -0.39 is 5.60 Å². The molecule has 0 spiro atoms. The maximum absolute atomic E-state index is 11.2. The van der Waals surface area contributed by atoms with E-state index >= 15 is 0 Å². The summed E-state index contributed by atoms with van der Waals surface area (Å²) in [6.07, 6.45) is 0.325. The van der Waals surface area contributed by atoms with Gasteiger partial charge < -0.3 is 20.3 Å². The third-order valence-electron chi connectivity index (χ3n) is 4.75. The van der Waals surface area contributed by atoms with Crippen molar-refractivity contribution in [2.45, 2.75) is 17.9 Å². The molecule has 0 amide bonds. The first-order valence-electron chi connectivity index (χ1n) is 7.71. The van der Waals surface area contributed by atoms with Gasteiger partial charge in [0, 0.05) is 5.92 Å². The third kappa shape index (κ3) is 2.04. The van der Waals surface area contributed by atoms with E-state index in [1.807, 2.05) is 48.5 Å². The number of nitrogens with two attached hydrogens (primary N) is 1. The summed E-state index contributed by atoms with van der Waals surface area (Å²) in [5.41, 5.74) is 7.05. The number of nitrogens with zero attached hydrogens (tertiary/aromatic N) is 1. The summed E-state index contributed by atoms with van der Waals surface area (Å²) in [6.45, 7) is 0.195. The molecule has 2 aromatic rings. The van der Waals surface area contributed by atoms with Crippen molar-refractivity contribution in [2.75, 3.05) is 6.79 Å². The van der Waals surface area contributed by atoms with Crippen molar-refractivity contribution in [3.63, 3.8) is 0 Å². The molecule has 1 aliphatic heterocycles. The van der Waals surface area contributed by atoms with Gasteiger partial charge in [-0.3, -0.25) is 0 Å². The Balaban J connectivity index is 1.78. The topological polar surface area (TPSA) is 88.5 Å². The lowest BCUT2D eigenvalue weighted by Gasteiger charge is -2.25. The molecule has 2 aliphatic rings. The minimum absolute atomic E-state index is 0.195. The van der Waals surface area contributed by atoms with Crippen LogP contribution >= 0.6 is 0 Å². The molecule has 0 unspecified atom stereocenters. The summed E-state index contributed by atoms with van der Waals surface area (Å²) in [5, 5.41) is 20.8. The molecule has 4 rings (SSSR count). The van der Waals surface area contributed by atoms with Gasteiger partial charge in [0.05, 0.1) is 17.3 Å². The predicted octanol–water partition coefficient (Wildman–Crippen LogP) is 2.53. The average molecular weight is 320 g/mol. The fraction of sp³-hybridized carbons (Fsp3) is 0.211. The van der Waals surface area contributed by atoms with Crippen LogP contribution in [0.25, 0.3) is 0 Å². The molecule has 2 atom stereocenters. The molecule has 0 bridgehead atoms. The van der Waals surface area contributed by atoms with E-state index in [1.54, 1.807) is 0 Å². The van der Waals surface area contributed by atoms with E-state index in [0.29, 0.717) is 29.1 Å². The van der Waals surface area contributed by atoms with E-state index in [9.17, 15) is 10.4 Å². The highest BCUT2D eigenvalue weighted by atomic mass is 16.7. The van der Waals surface area contributed by atoms with E-state index in [1.165, 1.54) is 0 Å². The first-order chi connectivity index (χ1) is 11.6. The van der Waals surface area contributed by atoms with Crippen LogP contribution in [0.15, 0.2) is 59.8 Å². The van der Waals surface area contributed by atoms with Gasteiger partial charge in [-0.05, 0) is 29.7 Å². The molecular weight excluding hydrogens is 304 g/mol. The first kappa shape index (κ1) is 14.6. The van der Waals surface area contributed by atoms with Gasteiger partial charge in [-0.1, -0.05) is 36.4 Å². The number of fused-ring (bicyclic) bond motifs is 1. The van der Waals surface area contributed by atoms with Crippen LogP contribution in [0.4, 0.5) is 0 Å². The number of hydrogen-bond acceptors (Lipinski definition) is 5. The average Bonchev–Trinajstić information content (AvgIpc) is 3.18. The van der Waals surface area contributed by atoms with Crippen LogP contribution in [0, 0.1) is 11.3 Å². The van der Waals surface area contributed by atoms with Crippen molar-refractivity contribution in [2.24, 2.45) is 5.73 Å². The molecule has 0 aromatic heterocycles. The molecule has 0 fully saturated rings. The van der Waals surface area contributed by atoms with Gasteiger partial charge in [-0.25, -0.2) is 0 Å². The number of ether oxygens (including phenoxy) is 2. The zero-order chi connectivity index (χ0) is 16.7. The van der Waals surface area contributed by atoms with Crippen molar-refractivity contribution in [1.82, 2.24) is 0 Å². The smallest absolute Gasteiger partial charge is 0.231 e. The molecule has 0 radical (unpaired) electrons. The maximum Gasteiger partial charge on any atom is 0.231 e. The minimum atomic E-state index is -1.34. The summed E-state index contributed by atoms with van der Waals surface area (Å²) in [6, 6.07) is 17.0. The molecule has 120 valence electrons. The highest BCUT2D eigenvalue weighted by molar-refractivity contribution is 5.54. The maximum atomic E-state index is 11.2. The molecule has 2 aromatic carbocycles. The lowest BCUT2D eigenvalue weighted by Crippen LogP contribution is -2.29. The summed E-state index contributed by atoms with van der Waals surface area (Å²) in [7, 11) is 0. The Kier molecular flexibility index (Phi) is 3.22. The van der Waals surface area contributed by atoms with E-state index in [-0.39, 0.29) is 18.4 Å². The summed E-state index contributed by atoms with van der Waals surface area (Å²) in [5.74, 6) is 1.05. The van der Waals surface area contributed by atoms with Gasteiger partial charge in [0.2, 0.25) is 6.79 Å². The normalized spacial score (nSPS) is 24.9. The van der Waals surface area contributed by atoms with Gasteiger partial charge >= 0.3 is 0 Å². The van der Waals surface area contributed by atoms with Gasteiger partial charge in [-0.15, -0.1) is 0 Å². The third-order valence-corrected chi connectivity index (χ3v) is 4.75. The molecule has 1 aliphatic carbocycles. The molecule has 1 heterocycles. The van der Waals surface area contributed by atoms with Crippen LogP contribution in [0.5, 0.6) is 11.5 Å². The molecule has 5 heteroatoms. The molecule has 3 N–H and O–H groups in total. The standard InChI is InChI=1S/C19H16N2O3/c20-10-15-14(12-6-7-16-17(8-12)24-11-23-16)9-19(22,18(15)21)13-4-2-1-3-5-13/h1-8,14,22H,9,11,21H2/t14-,19-/m0/s1. The van der Waals surface area contributed by atoms with Crippen molar-refractivity contribution >= 4 is 0 Å². The van der Waals surface area contributed by atoms with Gasteiger partial charge in [0.1, 0.15) is 5.60 Å².